The third kappa shape index (κ3) is 5.90. The predicted octanol–water partition coefficient (Wildman–Crippen LogP) is 3.06. The van der Waals surface area contributed by atoms with E-state index in [0.717, 1.165) is 44.3 Å². The Bertz CT molecular complexity index is 354. The Labute approximate surface area is 101 Å². The van der Waals surface area contributed by atoms with Gasteiger partial charge in [-0.2, -0.15) is 0 Å². The second-order valence-electron chi connectivity index (χ2n) is 4.08. The Kier molecular flexibility index (Phi) is 6.07. The topological polar surface area (TPSA) is 67.5 Å². The molecule has 0 spiro atoms. The van der Waals surface area contributed by atoms with Crippen LogP contribution in [0.15, 0.2) is 16.5 Å². The summed E-state index contributed by atoms with van der Waals surface area (Å²) >= 11 is 0. The van der Waals surface area contributed by atoms with Crippen LogP contribution in [0.5, 0.6) is 0 Å². The van der Waals surface area contributed by atoms with Gasteiger partial charge in [0.05, 0.1) is 0 Å². The number of unbranched alkanes of at least 4 members (excludes halogenated alkanes) is 4. The quantitative estimate of drug-likeness (QED) is 0.530. The minimum absolute atomic E-state index is 0.265. The van der Waals surface area contributed by atoms with E-state index in [2.05, 4.69) is 0 Å². The molecule has 0 saturated carbocycles. The van der Waals surface area contributed by atoms with Gasteiger partial charge < -0.3 is 9.52 Å². The van der Waals surface area contributed by atoms with Crippen molar-refractivity contribution >= 4 is 12.3 Å². The largest absolute Gasteiger partial charge is 0.481 e. The first-order chi connectivity index (χ1) is 8.22. The van der Waals surface area contributed by atoms with Gasteiger partial charge in [-0.15, -0.1) is 0 Å². The molecule has 94 valence electrons. The van der Waals surface area contributed by atoms with E-state index in [-0.39, 0.29) is 6.42 Å². The Morgan fingerprint density at radius 1 is 1.18 bits per heavy atom. The zero-order chi connectivity index (χ0) is 12.5. The van der Waals surface area contributed by atoms with E-state index in [1.807, 2.05) is 6.07 Å². The van der Waals surface area contributed by atoms with Crippen molar-refractivity contribution in [3.8, 4) is 0 Å². The van der Waals surface area contributed by atoms with Crippen LogP contribution in [0, 0.1) is 0 Å². The van der Waals surface area contributed by atoms with E-state index in [9.17, 15) is 9.59 Å². The fourth-order valence-corrected chi connectivity index (χ4v) is 1.70. The van der Waals surface area contributed by atoms with Crippen molar-refractivity contribution < 1.29 is 19.1 Å². The highest BCUT2D eigenvalue weighted by Crippen LogP contribution is 2.12. The zero-order valence-corrected chi connectivity index (χ0v) is 9.85. The Hall–Kier alpha value is -1.58. The lowest BCUT2D eigenvalue weighted by Crippen LogP contribution is -1.93. The molecule has 1 N–H and O–H groups in total. The summed E-state index contributed by atoms with van der Waals surface area (Å²) in [5, 5.41) is 8.45. The molecule has 4 heteroatoms. The van der Waals surface area contributed by atoms with E-state index in [4.69, 9.17) is 9.52 Å². The van der Waals surface area contributed by atoms with Gasteiger partial charge in [-0.25, -0.2) is 0 Å². The van der Waals surface area contributed by atoms with Crippen molar-refractivity contribution in [2.45, 2.75) is 44.9 Å². The van der Waals surface area contributed by atoms with E-state index in [0.29, 0.717) is 12.0 Å². The highest BCUT2D eigenvalue weighted by Gasteiger charge is 2.01. The first-order valence-corrected chi connectivity index (χ1v) is 5.98. The number of aryl methyl sites for hydroxylation is 1. The van der Waals surface area contributed by atoms with Gasteiger partial charge in [-0.3, -0.25) is 9.59 Å². The molecule has 0 bridgehead atoms. The van der Waals surface area contributed by atoms with Crippen molar-refractivity contribution in [1.29, 1.82) is 0 Å². The van der Waals surface area contributed by atoms with Gasteiger partial charge in [0, 0.05) is 12.8 Å². The molecule has 0 fully saturated rings. The SMILES string of the molecule is O=Cc1ccc(CCCCCCCC(=O)O)o1. The number of aliphatic carboxylic acids is 1. The third-order valence-corrected chi connectivity index (χ3v) is 2.61. The highest BCUT2D eigenvalue weighted by molar-refractivity contribution is 5.70. The molecule has 1 heterocycles. The molecule has 0 amide bonds. The molecule has 0 aliphatic heterocycles. The molecule has 17 heavy (non-hydrogen) atoms. The smallest absolute Gasteiger partial charge is 0.303 e. The maximum atomic E-state index is 10.4. The van der Waals surface area contributed by atoms with Crippen LogP contribution in [0.1, 0.15) is 54.8 Å². The third-order valence-electron chi connectivity index (χ3n) is 2.61. The van der Waals surface area contributed by atoms with E-state index >= 15 is 0 Å². The summed E-state index contributed by atoms with van der Waals surface area (Å²) < 4.78 is 5.25. The fraction of sp³-hybridized carbons (Fsp3) is 0.538. The second-order valence-corrected chi connectivity index (χ2v) is 4.08. The number of rotatable bonds is 9. The maximum absolute atomic E-state index is 10.4. The predicted molar refractivity (Wildman–Crippen MR) is 63.1 cm³/mol. The van der Waals surface area contributed by atoms with Crippen molar-refractivity contribution in [2.75, 3.05) is 0 Å². The average Bonchev–Trinajstić information content (AvgIpc) is 2.75. The van der Waals surface area contributed by atoms with E-state index < -0.39 is 5.97 Å². The van der Waals surface area contributed by atoms with Crippen LogP contribution >= 0.6 is 0 Å². The molecule has 4 nitrogen and oxygen atoms in total. The summed E-state index contributed by atoms with van der Waals surface area (Å²) in [6.07, 6.45) is 6.66. The van der Waals surface area contributed by atoms with Crippen LogP contribution in [0.25, 0.3) is 0 Å². The van der Waals surface area contributed by atoms with Crippen LogP contribution in [-0.4, -0.2) is 17.4 Å². The van der Waals surface area contributed by atoms with Gasteiger partial charge in [0.1, 0.15) is 5.76 Å². The first kappa shape index (κ1) is 13.5. The summed E-state index contributed by atoms with van der Waals surface area (Å²) in [5.74, 6) is 0.501. The van der Waals surface area contributed by atoms with E-state index in [1.165, 1.54) is 0 Å². The average molecular weight is 238 g/mol. The highest BCUT2D eigenvalue weighted by atomic mass is 16.4. The van der Waals surface area contributed by atoms with Gasteiger partial charge in [-0.1, -0.05) is 19.3 Å². The Morgan fingerprint density at radius 2 is 1.88 bits per heavy atom. The van der Waals surface area contributed by atoms with Gasteiger partial charge in [0.25, 0.3) is 0 Å². The van der Waals surface area contributed by atoms with Crippen LogP contribution in [0.2, 0.25) is 0 Å². The summed E-state index contributed by atoms with van der Waals surface area (Å²) in [6.45, 7) is 0. The lowest BCUT2D eigenvalue weighted by molar-refractivity contribution is -0.137. The number of carboxylic acid groups (broad SMARTS) is 1. The van der Waals surface area contributed by atoms with Gasteiger partial charge in [-0.05, 0) is 25.0 Å². The first-order valence-electron chi connectivity index (χ1n) is 5.98. The van der Waals surface area contributed by atoms with Crippen LogP contribution in [0.4, 0.5) is 0 Å². The van der Waals surface area contributed by atoms with Crippen molar-refractivity contribution in [3.63, 3.8) is 0 Å². The van der Waals surface area contributed by atoms with Gasteiger partial charge >= 0.3 is 5.97 Å². The number of aldehydes is 1. The lowest BCUT2D eigenvalue weighted by Gasteiger charge is -1.99. The Balaban J connectivity index is 2.00. The summed E-state index contributed by atoms with van der Waals surface area (Å²) in [5.41, 5.74) is 0. The van der Waals surface area contributed by atoms with Crippen LogP contribution in [-0.2, 0) is 11.2 Å². The number of carbonyl (C=O) groups is 2. The van der Waals surface area contributed by atoms with Crippen LogP contribution < -0.4 is 0 Å². The fourth-order valence-electron chi connectivity index (χ4n) is 1.70. The van der Waals surface area contributed by atoms with E-state index in [1.54, 1.807) is 6.07 Å². The number of hydrogen-bond donors (Lipinski definition) is 1. The zero-order valence-electron chi connectivity index (χ0n) is 9.85. The molecule has 0 atom stereocenters. The number of furan rings is 1. The maximum Gasteiger partial charge on any atom is 0.303 e. The molecular weight excluding hydrogens is 220 g/mol. The molecule has 0 unspecified atom stereocenters. The molecule has 1 aromatic heterocycles. The summed E-state index contributed by atoms with van der Waals surface area (Å²) in [7, 11) is 0. The lowest BCUT2D eigenvalue weighted by atomic mass is 10.1. The van der Waals surface area contributed by atoms with Gasteiger partial charge in [0.2, 0.25) is 0 Å². The number of carboxylic acids is 1. The molecule has 0 aromatic carbocycles. The molecule has 0 aliphatic carbocycles. The standard InChI is InChI=1S/C13H18O4/c14-10-12-9-8-11(17-12)6-4-2-1-3-5-7-13(15)16/h8-10H,1-7H2,(H,15,16). The number of carbonyl (C=O) groups excluding carboxylic acids is 1. The number of hydrogen-bond acceptors (Lipinski definition) is 3. The van der Waals surface area contributed by atoms with Crippen molar-refractivity contribution in [2.24, 2.45) is 0 Å². The molecule has 0 radical (unpaired) electrons. The van der Waals surface area contributed by atoms with Gasteiger partial charge in [0.15, 0.2) is 12.0 Å². The molecule has 0 aliphatic rings. The summed E-state index contributed by atoms with van der Waals surface area (Å²) in [6, 6.07) is 3.50. The normalized spacial score (nSPS) is 10.4. The molecular formula is C13H18O4. The molecule has 1 aromatic rings. The second kappa shape index (κ2) is 7.65. The van der Waals surface area contributed by atoms with Crippen molar-refractivity contribution in [1.82, 2.24) is 0 Å². The Morgan fingerprint density at radius 3 is 2.53 bits per heavy atom. The molecule has 0 saturated heterocycles. The van der Waals surface area contributed by atoms with Crippen molar-refractivity contribution in [3.05, 3.63) is 23.7 Å². The minimum Gasteiger partial charge on any atom is -0.481 e. The summed E-state index contributed by atoms with van der Waals surface area (Å²) in [4.78, 5) is 20.6. The monoisotopic (exact) mass is 238 g/mol. The van der Waals surface area contributed by atoms with Crippen LogP contribution in [0.3, 0.4) is 0 Å². The molecule has 1 rings (SSSR count). The minimum atomic E-state index is -0.720.